The van der Waals surface area contributed by atoms with Crippen LogP contribution < -0.4 is 5.32 Å². The molecule has 1 aromatic rings. The van der Waals surface area contributed by atoms with Gasteiger partial charge in [0.15, 0.2) is 9.84 Å². The molecule has 7 heteroatoms. The molecule has 1 heterocycles. The Kier molecular flexibility index (Phi) is 3.64. The van der Waals surface area contributed by atoms with E-state index in [1.807, 2.05) is 0 Å². The van der Waals surface area contributed by atoms with Gasteiger partial charge in [-0.15, -0.1) is 0 Å². The summed E-state index contributed by atoms with van der Waals surface area (Å²) in [5, 5.41) is 21.1. The van der Waals surface area contributed by atoms with Crippen molar-refractivity contribution in [2.75, 3.05) is 12.8 Å². The Morgan fingerprint density at radius 3 is 2.62 bits per heavy atom. The molecule has 1 rings (SSSR count). The Labute approximate surface area is 93.9 Å². The molecule has 0 amide bonds. The molecule has 0 spiro atoms. The van der Waals surface area contributed by atoms with Gasteiger partial charge in [0.05, 0.1) is 10.6 Å². The Hall–Kier alpha value is -1.02. The van der Waals surface area contributed by atoms with Crippen molar-refractivity contribution in [2.45, 2.75) is 17.7 Å². The fourth-order valence-corrected chi connectivity index (χ4v) is 1.98. The van der Waals surface area contributed by atoms with Crippen LogP contribution in [0, 0.1) is 0 Å². The average Bonchev–Trinajstić information content (AvgIpc) is 2.29. The van der Waals surface area contributed by atoms with Crippen molar-refractivity contribution in [3.05, 3.63) is 24.0 Å². The lowest BCUT2D eigenvalue weighted by Crippen LogP contribution is -2.40. The third kappa shape index (κ3) is 2.56. The second-order valence-corrected chi connectivity index (χ2v) is 5.48. The summed E-state index contributed by atoms with van der Waals surface area (Å²) in [6.45, 7) is 1.51. The zero-order chi connectivity index (χ0) is 12.4. The molecule has 0 aliphatic carbocycles. The van der Waals surface area contributed by atoms with Crippen molar-refractivity contribution in [1.29, 1.82) is 0 Å². The topological polar surface area (TPSA) is 99.5 Å². The summed E-state index contributed by atoms with van der Waals surface area (Å²) in [6.07, 6.45) is 1.22. The third-order valence-electron chi connectivity index (χ3n) is 2.18. The maximum Gasteiger partial charge on any atom is 0.268 e. The Bertz CT molecular complexity index is 470. The number of sulfone groups is 1. The van der Waals surface area contributed by atoms with Crippen LogP contribution in [0.15, 0.2) is 23.2 Å². The van der Waals surface area contributed by atoms with Gasteiger partial charge < -0.3 is 10.2 Å². The van der Waals surface area contributed by atoms with Gasteiger partial charge in [0.25, 0.3) is 5.91 Å². The summed E-state index contributed by atoms with van der Waals surface area (Å²) in [7, 11) is -2.06. The molecule has 0 saturated heterocycles. The van der Waals surface area contributed by atoms with Crippen LogP contribution >= 0.6 is 0 Å². The molecule has 0 radical (unpaired) electrons. The predicted octanol–water partition coefficient (Wildman–Crippen LogP) is -0.811. The van der Waals surface area contributed by atoms with Gasteiger partial charge in [-0.1, -0.05) is 6.92 Å². The van der Waals surface area contributed by atoms with Gasteiger partial charge >= 0.3 is 0 Å². The summed E-state index contributed by atoms with van der Waals surface area (Å²) in [4.78, 5) is 3.72. The Balaban J connectivity index is 3.25. The van der Waals surface area contributed by atoms with E-state index in [0.29, 0.717) is 0 Å². The summed E-state index contributed by atoms with van der Waals surface area (Å²) >= 11 is 0. The van der Waals surface area contributed by atoms with Crippen LogP contribution in [0.1, 0.15) is 12.6 Å². The van der Waals surface area contributed by atoms with E-state index >= 15 is 0 Å². The van der Waals surface area contributed by atoms with Gasteiger partial charge in [0.1, 0.15) is 5.69 Å². The van der Waals surface area contributed by atoms with E-state index < -0.39 is 15.7 Å². The van der Waals surface area contributed by atoms with Crippen molar-refractivity contribution < 1.29 is 18.6 Å². The van der Waals surface area contributed by atoms with Crippen LogP contribution in [0.25, 0.3) is 0 Å². The Morgan fingerprint density at radius 2 is 2.12 bits per heavy atom. The minimum atomic E-state index is -3.38. The van der Waals surface area contributed by atoms with Crippen molar-refractivity contribution in [1.82, 2.24) is 10.3 Å². The Morgan fingerprint density at radius 1 is 1.50 bits per heavy atom. The molecule has 3 N–H and O–H groups in total. The number of pyridine rings is 1. The van der Waals surface area contributed by atoms with Crippen molar-refractivity contribution in [2.24, 2.45) is 0 Å². The van der Waals surface area contributed by atoms with Gasteiger partial charge in [-0.3, -0.25) is 10.3 Å². The van der Waals surface area contributed by atoms with E-state index in [1.165, 1.54) is 26.2 Å². The number of hydrogen-bond donors (Lipinski definition) is 3. The highest BCUT2D eigenvalue weighted by Crippen LogP contribution is 2.17. The zero-order valence-corrected chi connectivity index (χ0v) is 9.82. The third-order valence-corrected chi connectivity index (χ3v) is 3.91. The monoisotopic (exact) mass is 246 g/mol. The molecule has 0 saturated carbocycles. The number of rotatable bonds is 4. The molecule has 6 nitrogen and oxygen atoms in total. The molecular weight excluding hydrogens is 232 g/mol. The second-order valence-electron chi connectivity index (χ2n) is 3.20. The predicted molar refractivity (Wildman–Crippen MR) is 57.1 cm³/mol. The molecule has 0 unspecified atom stereocenters. The van der Waals surface area contributed by atoms with E-state index in [0.717, 1.165) is 6.07 Å². The zero-order valence-electron chi connectivity index (χ0n) is 9.01. The van der Waals surface area contributed by atoms with E-state index in [2.05, 4.69) is 10.3 Å². The van der Waals surface area contributed by atoms with Crippen LogP contribution in [-0.2, 0) is 15.7 Å². The molecule has 0 bridgehead atoms. The van der Waals surface area contributed by atoms with E-state index in [-0.39, 0.29) is 16.3 Å². The molecule has 16 heavy (non-hydrogen) atoms. The maximum atomic E-state index is 11.6. The van der Waals surface area contributed by atoms with Crippen LogP contribution in [-0.4, -0.2) is 36.4 Å². The van der Waals surface area contributed by atoms with E-state index in [1.54, 1.807) is 0 Å². The lowest BCUT2D eigenvalue weighted by Gasteiger charge is -2.19. The van der Waals surface area contributed by atoms with Crippen LogP contribution in [0.5, 0.6) is 0 Å². The average molecular weight is 246 g/mol. The largest absolute Gasteiger partial charge is 0.348 e. The first-order valence-electron chi connectivity index (χ1n) is 4.66. The first-order chi connectivity index (χ1) is 7.33. The van der Waals surface area contributed by atoms with Gasteiger partial charge in [0.2, 0.25) is 0 Å². The summed E-state index contributed by atoms with van der Waals surface area (Å²) in [6, 6.07) is 2.45. The highest BCUT2D eigenvalue weighted by Gasteiger charge is 2.26. The van der Waals surface area contributed by atoms with Crippen LogP contribution in [0.3, 0.4) is 0 Å². The highest BCUT2D eigenvalue weighted by molar-refractivity contribution is 7.91. The molecule has 90 valence electrons. The van der Waals surface area contributed by atoms with Crippen molar-refractivity contribution in [3.8, 4) is 0 Å². The number of aliphatic hydroxyl groups is 2. The first-order valence-corrected chi connectivity index (χ1v) is 6.31. The summed E-state index contributed by atoms with van der Waals surface area (Å²) in [5.74, 6) is -2.39. The lowest BCUT2D eigenvalue weighted by atomic mass is 10.3. The normalized spacial score (nSPS) is 12.8. The number of nitrogens with zero attached hydrogens (tertiary/aromatic N) is 1. The van der Waals surface area contributed by atoms with E-state index in [4.69, 9.17) is 0 Å². The summed E-state index contributed by atoms with van der Waals surface area (Å²) < 4.78 is 23.1. The van der Waals surface area contributed by atoms with Gasteiger partial charge in [-0.2, -0.15) is 0 Å². The summed E-state index contributed by atoms with van der Waals surface area (Å²) in [5.41, 5.74) is -0.162. The number of aromatic nitrogens is 1. The second kappa shape index (κ2) is 4.46. The van der Waals surface area contributed by atoms with Crippen molar-refractivity contribution >= 4 is 9.84 Å². The molecular formula is C9H14N2O4S. The molecule has 0 fully saturated rings. The van der Waals surface area contributed by atoms with Gasteiger partial charge in [-0.05, 0) is 19.2 Å². The lowest BCUT2D eigenvalue weighted by molar-refractivity contribution is -0.193. The quantitative estimate of drug-likeness (QED) is 0.601. The number of hydrogen-bond acceptors (Lipinski definition) is 6. The fourth-order valence-electron chi connectivity index (χ4n) is 1.09. The highest BCUT2D eigenvalue weighted by atomic mass is 32.2. The van der Waals surface area contributed by atoms with E-state index in [9.17, 15) is 18.6 Å². The molecule has 0 atom stereocenters. The van der Waals surface area contributed by atoms with Crippen molar-refractivity contribution in [3.63, 3.8) is 0 Å². The minimum absolute atomic E-state index is 0.0164. The van der Waals surface area contributed by atoms with Crippen LogP contribution in [0.2, 0.25) is 0 Å². The SMILES string of the molecule is CCS(=O)(=O)c1ccnc(C(O)(O)NC)c1. The van der Waals surface area contributed by atoms with Gasteiger partial charge in [0, 0.05) is 6.20 Å². The molecule has 0 aromatic carbocycles. The minimum Gasteiger partial charge on any atom is -0.348 e. The standard InChI is InChI=1S/C9H14N2O4S/c1-3-16(14,15)7-4-5-11-8(6-7)9(12,13)10-2/h4-6,10,12-13H,3H2,1-2H3. The maximum absolute atomic E-state index is 11.6. The molecule has 0 aliphatic rings. The smallest absolute Gasteiger partial charge is 0.268 e. The fraction of sp³-hybridized carbons (Fsp3) is 0.444. The first kappa shape index (κ1) is 13.0. The number of nitrogens with one attached hydrogen (secondary N) is 1. The molecule has 1 aromatic heterocycles. The van der Waals surface area contributed by atoms with Gasteiger partial charge in [-0.25, -0.2) is 8.42 Å². The molecule has 0 aliphatic heterocycles. The van der Waals surface area contributed by atoms with Crippen LogP contribution in [0.4, 0.5) is 0 Å².